The summed E-state index contributed by atoms with van der Waals surface area (Å²) in [5, 5.41) is 37.7. The molecule has 0 saturated heterocycles. The summed E-state index contributed by atoms with van der Waals surface area (Å²) >= 11 is 0. The predicted molar refractivity (Wildman–Crippen MR) is 74.2 cm³/mol. The second kappa shape index (κ2) is 5.13. The quantitative estimate of drug-likeness (QED) is 0.442. The number of rotatable bonds is 3. The molecule has 0 spiro atoms. The molecule has 1 heterocycles. The minimum atomic E-state index is -1.71. The van der Waals surface area contributed by atoms with E-state index in [0.717, 1.165) is 12.1 Å². The highest BCUT2D eigenvalue weighted by molar-refractivity contribution is 6.08. The van der Waals surface area contributed by atoms with Crippen LogP contribution < -0.4 is 11.3 Å². The van der Waals surface area contributed by atoms with E-state index in [1.54, 1.807) is 0 Å². The normalized spacial score (nSPS) is 10.4. The zero-order valence-electron chi connectivity index (χ0n) is 10.8. The van der Waals surface area contributed by atoms with Crippen LogP contribution >= 0.6 is 0 Å². The average Bonchev–Trinajstić information content (AvgIpc) is 2.39. The van der Waals surface area contributed by atoms with Crippen molar-refractivity contribution in [2.75, 3.05) is 5.73 Å². The molecule has 0 saturated carbocycles. The minimum Gasteiger partial charge on any atom is -0.504 e. The Bertz CT molecular complexity index is 854. The van der Waals surface area contributed by atoms with Crippen molar-refractivity contribution in [3.8, 4) is 22.6 Å². The number of para-hydroxylation sites is 1. The first kappa shape index (κ1) is 14.9. The first-order valence-electron chi connectivity index (χ1n) is 5.79. The highest BCUT2D eigenvalue weighted by Crippen LogP contribution is 2.39. The molecule has 0 fully saturated rings. The van der Waals surface area contributed by atoms with Crippen LogP contribution in [0, 0.1) is 0 Å². The fourth-order valence-corrected chi connectivity index (χ4v) is 2.05. The molecule has 0 bridgehead atoms. The summed E-state index contributed by atoms with van der Waals surface area (Å²) in [6.45, 7) is 0. The van der Waals surface area contributed by atoms with Crippen molar-refractivity contribution in [2.45, 2.75) is 0 Å². The smallest absolute Gasteiger partial charge is 0.342 e. The van der Waals surface area contributed by atoms with Crippen LogP contribution in [0.4, 0.5) is 5.82 Å². The lowest BCUT2D eigenvalue weighted by Crippen LogP contribution is -2.24. The van der Waals surface area contributed by atoms with Gasteiger partial charge in [-0.25, -0.2) is 9.59 Å². The zero-order chi connectivity index (χ0) is 16.6. The van der Waals surface area contributed by atoms with Crippen LogP contribution in [0.15, 0.2) is 23.0 Å². The molecule has 0 aliphatic carbocycles. The summed E-state index contributed by atoms with van der Waals surface area (Å²) in [4.78, 5) is 36.4. The molecule has 114 valence electrons. The molecule has 0 aliphatic rings. The van der Waals surface area contributed by atoms with Gasteiger partial charge in [0.15, 0.2) is 11.5 Å². The van der Waals surface area contributed by atoms with Crippen LogP contribution in [0.1, 0.15) is 20.7 Å². The van der Waals surface area contributed by atoms with Crippen LogP contribution in [0.2, 0.25) is 0 Å². The number of carboxylic acids is 2. The van der Waals surface area contributed by atoms with Gasteiger partial charge in [0, 0.05) is 11.1 Å². The van der Waals surface area contributed by atoms with Gasteiger partial charge in [-0.3, -0.25) is 4.79 Å². The van der Waals surface area contributed by atoms with Crippen molar-refractivity contribution in [2.24, 2.45) is 0 Å². The first-order chi connectivity index (χ1) is 10.3. The lowest BCUT2D eigenvalue weighted by atomic mass is 9.94. The minimum absolute atomic E-state index is 0.340. The molecule has 22 heavy (non-hydrogen) atoms. The molecule has 0 radical (unpaired) electrons. The Labute approximate surface area is 121 Å². The molecular formula is C13H10N2O7. The molecule has 9 heteroatoms. The molecule has 0 atom stereocenters. The monoisotopic (exact) mass is 306 g/mol. The number of aromatic carboxylic acids is 2. The second-order valence-electron chi connectivity index (χ2n) is 4.28. The largest absolute Gasteiger partial charge is 0.504 e. The summed E-state index contributed by atoms with van der Waals surface area (Å²) in [5.74, 6) is -5.25. The van der Waals surface area contributed by atoms with Crippen LogP contribution in [-0.4, -0.2) is 37.3 Å². The maximum Gasteiger partial charge on any atom is 0.342 e. The number of pyridine rings is 1. The van der Waals surface area contributed by atoms with Gasteiger partial charge in [0.1, 0.15) is 16.9 Å². The van der Waals surface area contributed by atoms with Crippen LogP contribution in [-0.2, 0) is 0 Å². The third-order valence-corrected chi connectivity index (χ3v) is 2.96. The topological polar surface area (TPSA) is 174 Å². The summed E-state index contributed by atoms with van der Waals surface area (Å²) in [6, 6.07) is 3.51. The van der Waals surface area contributed by atoms with Gasteiger partial charge in [-0.15, -0.1) is 0 Å². The lowest BCUT2D eigenvalue weighted by molar-refractivity contribution is 0.0695. The molecule has 2 rings (SSSR count). The number of hydrogen-bond donors (Lipinski definition) is 6. The fourth-order valence-electron chi connectivity index (χ4n) is 2.05. The van der Waals surface area contributed by atoms with E-state index < -0.39 is 51.5 Å². The average molecular weight is 306 g/mol. The highest BCUT2D eigenvalue weighted by Gasteiger charge is 2.28. The third-order valence-electron chi connectivity index (χ3n) is 2.96. The maximum absolute atomic E-state index is 11.8. The van der Waals surface area contributed by atoms with Gasteiger partial charge >= 0.3 is 11.9 Å². The molecule has 0 aliphatic heterocycles. The Morgan fingerprint density at radius 3 is 2.18 bits per heavy atom. The van der Waals surface area contributed by atoms with E-state index in [1.165, 1.54) is 6.07 Å². The van der Waals surface area contributed by atoms with E-state index in [0.29, 0.717) is 0 Å². The van der Waals surface area contributed by atoms with Crippen LogP contribution in [0.5, 0.6) is 11.5 Å². The fraction of sp³-hybridized carbons (Fsp3) is 0. The van der Waals surface area contributed by atoms with Crippen molar-refractivity contribution < 1.29 is 30.0 Å². The molecule has 0 unspecified atom stereocenters. The second-order valence-corrected chi connectivity index (χ2v) is 4.28. The number of aromatic amines is 1. The van der Waals surface area contributed by atoms with Gasteiger partial charge in [-0.05, 0) is 6.07 Å². The number of phenols is 2. The number of carbonyl (C=O) groups is 2. The molecule has 1 aromatic carbocycles. The van der Waals surface area contributed by atoms with E-state index in [1.807, 2.05) is 4.98 Å². The van der Waals surface area contributed by atoms with Crippen LogP contribution in [0.3, 0.4) is 0 Å². The maximum atomic E-state index is 11.8. The Balaban J connectivity index is 3.06. The number of carboxylic acid groups (broad SMARTS) is 2. The van der Waals surface area contributed by atoms with Crippen LogP contribution in [0.25, 0.3) is 11.1 Å². The SMILES string of the molecule is Nc1[nH]c(=O)c(C(=O)O)c(-c2cccc(O)c2O)c1C(=O)O. The number of H-pyrrole nitrogens is 1. The van der Waals surface area contributed by atoms with Gasteiger partial charge in [-0.2, -0.15) is 0 Å². The summed E-state index contributed by atoms with van der Waals surface area (Å²) in [6.07, 6.45) is 0. The van der Waals surface area contributed by atoms with Crippen molar-refractivity contribution in [1.29, 1.82) is 0 Å². The molecule has 2 aromatic rings. The van der Waals surface area contributed by atoms with E-state index in [4.69, 9.17) is 10.8 Å². The zero-order valence-corrected chi connectivity index (χ0v) is 10.8. The molecular weight excluding hydrogens is 296 g/mol. The molecule has 1 aromatic heterocycles. The Hall–Kier alpha value is -3.49. The van der Waals surface area contributed by atoms with Gasteiger partial charge in [0.25, 0.3) is 5.56 Å². The van der Waals surface area contributed by atoms with E-state index in [-0.39, 0.29) is 5.56 Å². The Morgan fingerprint density at radius 1 is 1.05 bits per heavy atom. The summed E-state index contributed by atoms with van der Waals surface area (Å²) < 4.78 is 0. The van der Waals surface area contributed by atoms with Crippen molar-refractivity contribution in [3.63, 3.8) is 0 Å². The van der Waals surface area contributed by atoms with Crippen molar-refractivity contribution >= 4 is 17.8 Å². The Kier molecular flexibility index (Phi) is 3.47. The number of nitrogens with one attached hydrogen (secondary N) is 1. The highest BCUT2D eigenvalue weighted by atomic mass is 16.4. The number of aromatic hydroxyl groups is 2. The standard InChI is InChI=1S/C13H10N2O7/c14-10-7(12(19)20)6(8(13(21)22)11(18)15-10)4-2-1-3-5(16)9(4)17/h1-3,16-17H,(H,19,20)(H,21,22)(H3,14,15,18). The lowest BCUT2D eigenvalue weighted by Gasteiger charge is -2.13. The number of anilines is 1. The van der Waals surface area contributed by atoms with E-state index in [2.05, 4.69) is 0 Å². The number of aromatic nitrogens is 1. The molecule has 9 nitrogen and oxygen atoms in total. The van der Waals surface area contributed by atoms with Crippen molar-refractivity contribution in [1.82, 2.24) is 4.98 Å². The summed E-state index contributed by atoms with van der Waals surface area (Å²) in [7, 11) is 0. The molecule has 0 amide bonds. The van der Waals surface area contributed by atoms with Gasteiger partial charge in [0.05, 0.1) is 0 Å². The number of benzene rings is 1. The van der Waals surface area contributed by atoms with Gasteiger partial charge in [-0.1, -0.05) is 12.1 Å². The Morgan fingerprint density at radius 2 is 1.64 bits per heavy atom. The number of phenolic OH excluding ortho intramolecular Hbond substituents is 2. The predicted octanol–water partition coefficient (Wildman–Crippen LogP) is 0.432. The van der Waals surface area contributed by atoms with Gasteiger partial charge in [0.2, 0.25) is 0 Å². The number of nitrogen functional groups attached to an aromatic ring is 1. The number of nitrogens with two attached hydrogens (primary N) is 1. The van der Waals surface area contributed by atoms with E-state index in [9.17, 15) is 29.7 Å². The summed E-state index contributed by atoms with van der Waals surface area (Å²) in [5.41, 5.74) is 1.78. The van der Waals surface area contributed by atoms with Gasteiger partial charge < -0.3 is 31.1 Å². The van der Waals surface area contributed by atoms with Crippen molar-refractivity contribution in [3.05, 3.63) is 39.7 Å². The molecule has 7 N–H and O–H groups in total. The van der Waals surface area contributed by atoms with E-state index >= 15 is 0 Å². The first-order valence-corrected chi connectivity index (χ1v) is 5.79. The number of hydrogen-bond acceptors (Lipinski definition) is 6. The third kappa shape index (κ3) is 2.20.